The Morgan fingerprint density at radius 3 is 1.57 bits per heavy atom. The topological polar surface area (TPSA) is 9.23 Å². The summed E-state index contributed by atoms with van der Waals surface area (Å²) in [7, 11) is 0. The maximum Gasteiger partial charge on any atom is 0.432 e. The summed E-state index contributed by atoms with van der Waals surface area (Å²) in [6.45, 7) is 1.87. The van der Waals surface area contributed by atoms with Gasteiger partial charge in [0.2, 0.25) is 0 Å². The van der Waals surface area contributed by atoms with Gasteiger partial charge in [-0.3, -0.25) is 0 Å². The van der Waals surface area contributed by atoms with Crippen LogP contribution in [0.2, 0.25) is 0 Å². The van der Waals surface area contributed by atoms with E-state index in [-0.39, 0.29) is 24.3 Å². The molecule has 4 aromatic rings. The molecule has 1 nitrogen and oxygen atoms in total. The molecule has 0 aliphatic rings. The molecular formula is C32H17F13O. The van der Waals surface area contributed by atoms with Gasteiger partial charge < -0.3 is 4.74 Å². The smallest absolute Gasteiger partial charge is 0.429 e. The maximum absolute atomic E-state index is 14.8. The molecule has 0 radical (unpaired) electrons. The first-order valence-electron chi connectivity index (χ1n) is 13.0. The fourth-order valence-electron chi connectivity index (χ4n) is 4.40. The highest BCUT2D eigenvalue weighted by Crippen LogP contribution is 2.39. The van der Waals surface area contributed by atoms with Gasteiger partial charge in [-0.05, 0) is 60.4 Å². The number of halogens is 13. The normalized spacial score (nSPS) is 11.8. The Balaban J connectivity index is 1.62. The van der Waals surface area contributed by atoms with Crippen molar-refractivity contribution in [3.8, 4) is 28.7 Å². The number of hydrogen-bond acceptors (Lipinski definition) is 1. The quantitative estimate of drug-likeness (QED) is 0.141. The van der Waals surface area contributed by atoms with E-state index in [0.29, 0.717) is 30.5 Å². The number of hydrogen-bond donors (Lipinski definition) is 0. The predicted molar refractivity (Wildman–Crippen MR) is 139 cm³/mol. The zero-order valence-corrected chi connectivity index (χ0v) is 23.1. The molecule has 0 aromatic heterocycles. The van der Waals surface area contributed by atoms with Crippen LogP contribution in [0.1, 0.15) is 47.6 Å². The average Bonchev–Trinajstić information content (AvgIpc) is 2.89. The van der Waals surface area contributed by atoms with Gasteiger partial charge in [-0.2, -0.15) is 22.0 Å². The molecule has 242 valence electrons. The van der Waals surface area contributed by atoms with E-state index in [9.17, 15) is 57.1 Å². The van der Waals surface area contributed by atoms with Crippen molar-refractivity contribution in [2.45, 2.75) is 38.5 Å². The van der Waals surface area contributed by atoms with Crippen molar-refractivity contribution in [3.63, 3.8) is 0 Å². The summed E-state index contributed by atoms with van der Waals surface area (Å²) in [5.41, 5.74) is -7.21. The first-order chi connectivity index (χ1) is 21.4. The van der Waals surface area contributed by atoms with Gasteiger partial charge in [0, 0.05) is 17.7 Å². The van der Waals surface area contributed by atoms with E-state index < -0.39 is 98.0 Å². The van der Waals surface area contributed by atoms with Crippen molar-refractivity contribution in [2.24, 2.45) is 0 Å². The third-order valence-corrected chi connectivity index (χ3v) is 6.46. The van der Waals surface area contributed by atoms with Crippen LogP contribution in [0.4, 0.5) is 57.1 Å². The number of unbranched alkanes of at least 4 members (excludes halogenated alkanes) is 1. The molecule has 0 saturated heterocycles. The van der Waals surface area contributed by atoms with Crippen LogP contribution in [-0.4, -0.2) is 0 Å². The number of aryl methyl sites for hydroxylation is 1. The van der Waals surface area contributed by atoms with Gasteiger partial charge in [0.25, 0.3) is 0 Å². The van der Waals surface area contributed by atoms with Crippen molar-refractivity contribution in [1.29, 1.82) is 0 Å². The Hall–Kier alpha value is -4.67. The highest BCUT2D eigenvalue weighted by atomic mass is 19.4. The van der Waals surface area contributed by atoms with Crippen LogP contribution in [-0.2, 0) is 18.7 Å². The highest BCUT2D eigenvalue weighted by Gasteiger charge is 2.43. The van der Waals surface area contributed by atoms with E-state index in [2.05, 4.69) is 4.74 Å². The molecular weight excluding hydrogens is 647 g/mol. The van der Waals surface area contributed by atoms with Crippen LogP contribution in [0.3, 0.4) is 0 Å². The first-order valence-corrected chi connectivity index (χ1v) is 13.0. The molecule has 0 saturated carbocycles. The molecule has 0 aliphatic carbocycles. The predicted octanol–water partition coefficient (Wildman–Crippen LogP) is 10.4. The van der Waals surface area contributed by atoms with Crippen LogP contribution in [0, 0.1) is 58.4 Å². The second kappa shape index (κ2) is 13.0. The lowest BCUT2D eigenvalue weighted by Crippen LogP contribution is -2.25. The van der Waals surface area contributed by atoms with Crippen LogP contribution in [0.5, 0.6) is 5.75 Å². The number of benzene rings is 4. The van der Waals surface area contributed by atoms with Crippen molar-refractivity contribution in [3.05, 3.63) is 123 Å². The molecule has 0 aliphatic heterocycles. The molecule has 0 spiro atoms. The number of rotatable bonds is 7. The molecule has 0 amide bonds. The molecule has 0 fully saturated rings. The minimum Gasteiger partial charge on any atom is -0.429 e. The molecule has 46 heavy (non-hydrogen) atoms. The van der Waals surface area contributed by atoms with E-state index in [0.717, 1.165) is 18.6 Å². The minimum absolute atomic E-state index is 0.186. The van der Waals surface area contributed by atoms with Gasteiger partial charge in [0.05, 0.1) is 11.1 Å². The van der Waals surface area contributed by atoms with Gasteiger partial charge in [-0.25, -0.2) is 35.1 Å². The second-order valence-electron chi connectivity index (χ2n) is 9.80. The summed E-state index contributed by atoms with van der Waals surface area (Å²) in [4.78, 5) is 0. The summed E-state index contributed by atoms with van der Waals surface area (Å²) in [6, 6.07) is 3.02. The molecule has 0 atom stereocenters. The van der Waals surface area contributed by atoms with E-state index in [1.165, 1.54) is 0 Å². The van der Waals surface area contributed by atoms with Crippen LogP contribution in [0.25, 0.3) is 11.1 Å². The Bertz CT molecular complexity index is 1770. The zero-order valence-electron chi connectivity index (χ0n) is 23.1. The summed E-state index contributed by atoms with van der Waals surface area (Å²) >= 11 is 0. The van der Waals surface area contributed by atoms with E-state index >= 15 is 0 Å². The van der Waals surface area contributed by atoms with Crippen molar-refractivity contribution >= 4 is 0 Å². The molecule has 0 N–H and O–H groups in total. The van der Waals surface area contributed by atoms with E-state index in [4.69, 9.17) is 0 Å². The van der Waals surface area contributed by atoms with Crippen LogP contribution >= 0.6 is 0 Å². The Kier molecular flexibility index (Phi) is 9.65. The molecule has 0 unspecified atom stereocenters. The largest absolute Gasteiger partial charge is 0.432 e. The lowest BCUT2D eigenvalue weighted by Gasteiger charge is -2.20. The molecule has 4 rings (SSSR count). The lowest BCUT2D eigenvalue weighted by molar-refractivity contribution is -0.189. The minimum atomic E-state index is -5.53. The Morgan fingerprint density at radius 1 is 0.587 bits per heavy atom. The van der Waals surface area contributed by atoms with Crippen molar-refractivity contribution < 1.29 is 61.8 Å². The molecule has 0 bridgehead atoms. The van der Waals surface area contributed by atoms with Crippen molar-refractivity contribution in [2.75, 3.05) is 0 Å². The van der Waals surface area contributed by atoms with Gasteiger partial charge in [0.1, 0.15) is 63.4 Å². The monoisotopic (exact) mass is 664 g/mol. The van der Waals surface area contributed by atoms with E-state index in [1.807, 2.05) is 18.8 Å². The van der Waals surface area contributed by atoms with Crippen LogP contribution < -0.4 is 4.74 Å². The third kappa shape index (κ3) is 7.24. The summed E-state index contributed by atoms with van der Waals surface area (Å²) < 4.78 is 187. The third-order valence-electron chi connectivity index (χ3n) is 6.46. The summed E-state index contributed by atoms with van der Waals surface area (Å²) in [6.07, 6.45) is -8.80. The average molecular weight is 664 g/mol. The Labute approximate surface area is 252 Å². The molecule has 0 heterocycles. The summed E-state index contributed by atoms with van der Waals surface area (Å²) in [5, 5.41) is 0. The molecule has 14 heteroatoms. The Morgan fingerprint density at radius 2 is 1.09 bits per heavy atom. The van der Waals surface area contributed by atoms with Gasteiger partial charge in [-0.15, -0.1) is 0 Å². The standard InChI is InChI=1S/C32H17F13O/c1-2-3-4-15-7-22(35)28(23(36)8-15)17-11-20(33)19(21(34)12-17)6-5-16-9-24(37)30(25(38)10-16)32(44,45)46-18-13-26(39)29(27(40)14-18)31(41,42)43/h7-14H,2-4H2,1H3. The summed E-state index contributed by atoms with van der Waals surface area (Å²) in [5.74, 6) is -11.5. The fourth-order valence-corrected chi connectivity index (χ4v) is 4.40. The lowest BCUT2D eigenvalue weighted by atomic mass is 9.98. The van der Waals surface area contributed by atoms with Crippen molar-refractivity contribution in [1.82, 2.24) is 0 Å². The van der Waals surface area contributed by atoms with Crippen LogP contribution in [0.15, 0.2) is 48.5 Å². The fraction of sp³-hybridized carbons (Fsp3) is 0.188. The number of alkyl halides is 5. The van der Waals surface area contributed by atoms with Gasteiger partial charge in [-0.1, -0.05) is 25.2 Å². The first kappa shape index (κ1) is 34.2. The second-order valence-corrected chi connectivity index (χ2v) is 9.80. The highest BCUT2D eigenvalue weighted by molar-refractivity contribution is 5.67. The molecule has 4 aromatic carbocycles. The number of ether oxygens (including phenoxy) is 1. The SMILES string of the molecule is CCCCc1cc(F)c(-c2cc(F)c(C#Cc3cc(F)c(C(F)(F)Oc4cc(F)c(C(F)(F)F)c(F)c4)c(F)c3)c(F)c2)c(F)c1. The zero-order chi connectivity index (χ0) is 34.1. The van der Waals surface area contributed by atoms with Gasteiger partial charge >= 0.3 is 12.3 Å². The maximum atomic E-state index is 14.8. The van der Waals surface area contributed by atoms with Gasteiger partial charge in [0.15, 0.2) is 0 Å². The van der Waals surface area contributed by atoms with E-state index in [1.54, 1.807) is 0 Å².